The maximum Gasteiger partial charge on any atom is 0.452 e. The first-order valence-electron chi connectivity index (χ1n) is 16.7. The molecular formula is C34H52F3N5O9. The van der Waals surface area contributed by atoms with Crippen molar-refractivity contribution in [1.82, 2.24) is 26.6 Å². The third-order valence-corrected chi connectivity index (χ3v) is 6.66. The molecule has 17 heteroatoms. The van der Waals surface area contributed by atoms with Crippen LogP contribution in [0.25, 0.3) is 0 Å². The Balaban J connectivity index is 3.02. The molecule has 3 atom stereocenters. The van der Waals surface area contributed by atoms with E-state index in [1.165, 1.54) is 0 Å². The van der Waals surface area contributed by atoms with Gasteiger partial charge >= 0.3 is 24.5 Å². The summed E-state index contributed by atoms with van der Waals surface area (Å²) in [6, 6.07) is 4.13. The number of ether oxygens (including phenoxy) is 3. The third kappa shape index (κ3) is 20.6. The van der Waals surface area contributed by atoms with E-state index in [-0.39, 0.29) is 39.0 Å². The topological polar surface area (TPSA) is 190 Å². The fourth-order valence-electron chi connectivity index (χ4n) is 4.30. The predicted octanol–water partition coefficient (Wildman–Crippen LogP) is 4.79. The van der Waals surface area contributed by atoms with Gasteiger partial charge in [-0.3, -0.25) is 14.4 Å². The highest BCUT2D eigenvalue weighted by atomic mass is 19.4. The average molecular weight is 732 g/mol. The Morgan fingerprint density at radius 3 is 1.55 bits per heavy atom. The number of carbonyl (C=O) groups is 6. The molecule has 0 aliphatic heterocycles. The molecule has 0 aromatic heterocycles. The standard InChI is InChI=1S/C34H52F3N5O9/c1-22(26(43)34(35,36)37)40-27(44)24(17-11-13-19-38-29(46)50-32(2,3)4)41-28(45)25(18-12-14-20-39-30(47)51-33(5,6)7)42-31(48)49-21-23-15-9-8-10-16-23/h8-10,15-16,22,24-25H,11-14,17-21H2,1-7H3,(H,38,46)(H,39,47)(H,40,44)(H,41,45)(H,42,48)/t22?,24-,25-/m1/s1. The van der Waals surface area contributed by atoms with E-state index in [1.54, 1.807) is 71.9 Å². The number of rotatable bonds is 18. The van der Waals surface area contributed by atoms with E-state index in [2.05, 4.69) is 21.3 Å². The second-order valence-electron chi connectivity index (χ2n) is 13.8. The number of ketones is 1. The van der Waals surface area contributed by atoms with Crippen LogP contribution < -0.4 is 26.6 Å². The molecule has 0 saturated carbocycles. The van der Waals surface area contributed by atoms with Crippen LogP contribution in [0, 0.1) is 0 Å². The van der Waals surface area contributed by atoms with Crippen molar-refractivity contribution in [1.29, 1.82) is 0 Å². The minimum absolute atomic E-state index is 0.0272. The minimum atomic E-state index is -5.20. The predicted molar refractivity (Wildman–Crippen MR) is 180 cm³/mol. The van der Waals surface area contributed by atoms with Crippen molar-refractivity contribution < 1.29 is 56.1 Å². The molecule has 0 heterocycles. The quantitative estimate of drug-likeness (QED) is 0.104. The van der Waals surface area contributed by atoms with Crippen LogP contribution in [0.4, 0.5) is 27.6 Å². The Hall–Kier alpha value is -4.57. The lowest BCUT2D eigenvalue weighted by atomic mass is 10.0. The van der Waals surface area contributed by atoms with E-state index in [0.717, 1.165) is 6.92 Å². The van der Waals surface area contributed by atoms with Crippen LogP contribution in [0.5, 0.6) is 0 Å². The van der Waals surface area contributed by atoms with E-state index >= 15 is 0 Å². The van der Waals surface area contributed by atoms with Gasteiger partial charge in [0, 0.05) is 13.1 Å². The number of hydrogen-bond donors (Lipinski definition) is 5. The lowest BCUT2D eigenvalue weighted by Gasteiger charge is -2.25. The molecular weight excluding hydrogens is 679 g/mol. The van der Waals surface area contributed by atoms with E-state index in [4.69, 9.17) is 14.2 Å². The average Bonchev–Trinajstić information content (AvgIpc) is 3.00. The maximum absolute atomic E-state index is 13.5. The van der Waals surface area contributed by atoms with Gasteiger partial charge in [-0.1, -0.05) is 30.3 Å². The Morgan fingerprint density at radius 2 is 1.10 bits per heavy atom. The summed E-state index contributed by atoms with van der Waals surface area (Å²) >= 11 is 0. The number of halogens is 3. The lowest BCUT2D eigenvalue weighted by Crippen LogP contribution is -2.56. The van der Waals surface area contributed by atoms with E-state index in [0.29, 0.717) is 24.8 Å². The van der Waals surface area contributed by atoms with Crippen LogP contribution in [-0.2, 0) is 35.2 Å². The first-order valence-corrected chi connectivity index (χ1v) is 16.7. The molecule has 0 fully saturated rings. The highest BCUT2D eigenvalue weighted by Crippen LogP contribution is 2.18. The highest BCUT2D eigenvalue weighted by molar-refractivity contribution is 5.95. The first-order chi connectivity index (χ1) is 23.6. The van der Waals surface area contributed by atoms with Crippen molar-refractivity contribution in [3.63, 3.8) is 0 Å². The number of alkyl carbamates (subject to hydrolysis) is 3. The monoisotopic (exact) mass is 731 g/mol. The number of alkyl halides is 3. The maximum atomic E-state index is 13.5. The van der Waals surface area contributed by atoms with Gasteiger partial charge in [0.05, 0.1) is 6.04 Å². The largest absolute Gasteiger partial charge is 0.452 e. The Bertz CT molecular complexity index is 1300. The zero-order chi connectivity index (χ0) is 38.8. The van der Waals surface area contributed by atoms with Crippen molar-refractivity contribution >= 4 is 35.9 Å². The van der Waals surface area contributed by atoms with Crippen LogP contribution in [0.3, 0.4) is 0 Å². The minimum Gasteiger partial charge on any atom is -0.445 e. The number of hydrogen-bond acceptors (Lipinski definition) is 9. The molecule has 1 aromatic carbocycles. The zero-order valence-electron chi connectivity index (χ0n) is 30.3. The number of nitrogens with one attached hydrogen (secondary N) is 5. The van der Waals surface area contributed by atoms with Gasteiger partial charge < -0.3 is 40.8 Å². The normalized spacial score (nSPS) is 13.5. The van der Waals surface area contributed by atoms with Crippen LogP contribution in [0.15, 0.2) is 30.3 Å². The molecule has 0 radical (unpaired) electrons. The van der Waals surface area contributed by atoms with Gasteiger partial charge in [-0.05, 0) is 92.6 Å². The molecule has 14 nitrogen and oxygen atoms in total. The smallest absolute Gasteiger partial charge is 0.445 e. The summed E-state index contributed by atoms with van der Waals surface area (Å²) in [6.45, 7) is 11.3. The second kappa shape index (κ2) is 20.9. The molecule has 51 heavy (non-hydrogen) atoms. The zero-order valence-corrected chi connectivity index (χ0v) is 30.3. The molecule has 1 rings (SSSR count). The van der Waals surface area contributed by atoms with Gasteiger partial charge in [-0.15, -0.1) is 0 Å². The van der Waals surface area contributed by atoms with Gasteiger partial charge in [-0.2, -0.15) is 13.2 Å². The van der Waals surface area contributed by atoms with Crippen molar-refractivity contribution in [2.75, 3.05) is 13.1 Å². The van der Waals surface area contributed by atoms with Gasteiger partial charge in [0.25, 0.3) is 5.78 Å². The Morgan fingerprint density at radius 1 is 0.647 bits per heavy atom. The molecule has 288 valence electrons. The van der Waals surface area contributed by atoms with E-state index in [1.807, 2.05) is 5.32 Å². The van der Waals surface area contributed by atoms with Crippen LogP contribution in [0.1, 0.15) is 92.6 Å². The van der Waals surface area contributed by atoms with Crippen molar-refractivity contribution in [3.8, 4) is 0 Å². The van der Waals surface area contributed by atoms with Crippen LogP contribution in [0.2, 0.25) is 0 Å². The number of Topliss-reactive ketones (excluding diaryl/α,β-unsaturated/α-hetero) is 1. The lowest BCUT2D eigenvalue weighted by molar-refractivity contribution is -0.173. The number of benzene rings is 1. The number of amides is 5. The Labute approximate surface area is 296 Å². The van der Waals surface area contributed by atoms with Crippen molar-refractivity contribution in [3.05, 3.63) is 35.9 Å². The molecule has 0 saturated heterocycles. The van der Waals surface area contributed by atoms with E-state index in [9.17, 15) is 41.9 Å². The highest BCUT2D eigenvalue weighted by Gasteiger charge is 2.42. The van der Waals surface area contributed by atoms with E-state index < -0.39 is 71.4 Å². The molecule has 0 aliphatic carbocycles. The van der Waals surface area contributed by atoms with Gasteiger partial charge in [0.15, 0.2) is 0 Å². The fourth-order valence-corrected chi connectivity index (χ4v) is 4.30. The first kappa shape index (κ1) is 44.5. The molecule has 5 N–H and O–H groups in total. The van der Waals surface area contributed by atoms with Gasteiger partial charge in [0.1, 0.15) is 29.9 Å². The van der Waals surface area contributed by atoms with Crippen molar-refractivity contribution in [2.24, 2.45) is 0 Å². The Kier molecular flexibility index (Phi) is 18.3. The number of unbranched alkanes of at least 4 members (excludes halogenated alkanes) is 2. The van der Waals surface area contributed by atoms with Gasteiger partial charge in [-0.25, -0.2) is 14.4 Å². The molecule has 0 aliphatic rings. The summed E-state index contributed by atoms with van der Waals surface area (Å²) in [4.78, 5) is 74.9. The fraction of sp³-hybridized carbons (Fsp3) is 0.647. The summed E-state index contributed by atoms with van der Waals surface area (Å²) in [5.74, 6) is -4.07. The summed E-state index contributed by atoms with van der Waals surface area (Å²) in [6.07, 6.45) is -6.32. The molecule has 1 aromatic rings. The summed E-state index contributed by atoms with van der Waals surface area (Å²) in [5, 5.41) is 12.1. The third-order valence-electron chi connectivity index (χ3n) is 6.66. The van der Waals surface area contributed by atoms with Crippen LogP contribution >= 0.6 is 0 Å². The number of carbonyl (C=O) groups excluding carboxylic acids is 6. The molecule has 5 amide bonds. The molecule has 1 unspecified atom stereocenters. The molecule has 0 spiro atoms. The molecule has 0 bridgehead atoms. The SMILES string of the molecule is CC(NC(=O)[C@@H](CCCCNC(=O)OC(C)(C)C)NC(=O)[C@@H](CCCCNC(=O)OC(C)(C)C)NC(=O)OCc1ccccc1)C(=O)C(F)(F)F. The second-order valence-corrected chi connectivity index (χ2v) is 13.8. The summed E-state index contributed by atoms with van der Waals surface area (Å²) < 4.78 is 54.6. The summed E-state index contributed by atoms with van der Waals surface area (Å²) in [7, 11) is 0. The van der Waals surface area contributed by atoms with Gasteiger partial charge in [0.2, 0.25) is 11.8 Å². The van der Waals surface area contributed by atoms with Crippen molar-refractivity contribution in [2.45, 2.75) is 129 Å². The van der Waals surface area contributed by atoms with Crippen LogP contribution in [-0.4, -0.2) is 84.5 Å². The summed E-state index contributed by atoms with van der Waals surface area (Å²) in [5.41, 5.74) is -0.746.